The van der Waals surface area contributed by atoms with E-state index < -0.39 is 0 Å². The molecule has 1 aliphatic rings. The largest absolute Gasteiger partial charge is 0.340 e. The number of hydrogen-bond donors (Lipinski definition) is 2. The van der Waals surface area contributed by atoms with Gasteiger partial charge in [0, 0.05) is 24.2 Å². The van der Waals surface area contributed by atoms with Crippen LogP contribution in [0.4, 0.5) is 0 Å². The minimum absolute atomic E-state index is 0.641. The molecular weight excluding hydrogens is 206 g/mol. The van der Waals surface area contributed by atoms with Gasteiger partial charge >= 0.3 is 0 Å². The Hall–Kier alpha value is -0.480. The summed E-state index contributed by atoms with van der Waals surface area (Å²) in [4.78, 5) is 7.36. The molecule has 1 aromatic heterocycles. The van der Waals surface area contributed by atoms with Gasteiger partial charge in [-0.15, -0.1) is 0 Å². The molecule has 0 bridgehead atoms. The minimum Gasteiger partial charge on any atom is -0.340 e. The van der Waals surface area contributed by atoms with Crippen molar-refractivity contribution in [2.24, 2.45) is 5.92 Å². The fourth-order valence-electron chi connectivity index (χ4n) is 2.31. The predicted octanol–water partition coefficient (Wildman–Crippen LogP) is 2.28. The molecule has 3 nitrogen and oxygen atoms in total. The van der Waals surface area contributed by atoms with Crippen molar-refractivity contribution < 1.29 is 0 Å². The Morgan fingerprint density at radius 3 is 3.00 bits per heavy atom. The number of imidazole rings is 1. The molecule has 2 rings (SSSR count). The first-order valence-corrected chi connectivity index (χ1v) is 6.68. The van der Waals surface area contributed by atoms with Crippen LogP contribution in [0, 0.1) is 5.92 Å². The summed E-state index contributed by atoms with van der Waals surface area (Å²) < 4.78 is 0. The number of nitrogens with one attached hydrogen (secondary N) is 2. The highest BCUT2D eigenvalue weighted by atomic mass is 32.2. The van der Waals surface area contributed by atoms with Crippen molar-refractivity contribution in [3.8, 4) is 0 Å². The molecule has 0 aliphatic heterocycles. The van der Waals surface area contributed by atoms with E-state index in [1.807, 2.05) is 24.2 Å². The molecule has 4 heteroatoms. The van der Waals surface area contributed by atoms with E-state index in [9.17, 15) is 0 Å². The van der Waals surface area contributed by atoms with Crippen LogP contribution in [-0.2, 0) is 0 Å². The molecule has 2 N–H and O–H groups in total. The second kappa shape index (κ2) is 5.56. The number of nitrogens with zero attached hydrogens (tertiary/aromatic N) is 1. The average Bonchev–Trinajstić information content (AvgIpc) is 2.90. The number of H-pyrrole nitrogens is 1. The second-order valence-corrected chi connectivity index (χ2v) is 5.15. The van der Waals surface area contributed by atoms with E-state index in [4.69, 9.17) is 0 Å². The number of aromatic nitrogens is 2. The Kier molecular flexibility index (Phi) is 4.09. The van der Waals surface area contributed by atoms with Crippen LogP contribution in [0.25, 0.3) is 0 Å². The second-order valence-electron chi connectivity index (χ2n) is 4.15. The summed E-state index contributed by atoms with van der Waals surface area (Å²) >= 11 is 1.82. The van der Waals surface area contributed by atoms with Crippen molar-refractivity contribution in [1.82, 2.24) is 15.3 Å². The van der Waals surface area contributed by atoms with Gasteiger partial charge in [-0.05, 0) is 25.8 Å². The van der Waals surface area contributed by atoms with Gasteiger partial charge in [-0.2, -0.15) is 0 Å². The lowest BCUT2D eigenvalue weighted by molar-refractivity contribution is 0.410. The van der Waals surface area contributed by atoms with Crippen molar-refractivity contribution in [2.75, 3.05) is 12.8 Å². The van der Waals surface area contributed by atoms with Gasteiger partial charge in [0.15, 0.2) is 5.16 Å². The molecule has 1 fully saturated rings. The maximum atomic E-state index is 4.23. The average molecular weight is 225 g/mol. The van der Waals surface area contributed by atoms with E-state index in [0.29, 0.717) is 6.04 Å². The van der Waals surface area contributed by atoms with Gasteiger partial charge in [0.25, 0.3) is 0 Å². The van der Waals surface area contributed by atoms with Crippen LogP contribution in [0.2, 0.25) is 0 Å². The maximum Gasteiger partial charge on any atom is 0.165 e. The van der Waals surface area contributed by atoms with Crippen molar-refractivity contribution in [3.05, 3.63) is 12.4 Å². The van der Waals surface area contributed by atoms with Crippen molar-refractivity contribution in [3.63, 3.8) is 0 Å². The summed E-state index contributed by atoms with van der Waals surface area (Å²) in [5.74, 6) is 1.99. The third kappa shape index (κ3) is 2.98. The van der Waals surface area contributed by atoms with E-state index in [2.05, 4.69) is 22.3 Å². The van der Waals surface area contributed by atoms with E-state index in [1.165, 1.54) is 25.7 Å². The zero-order valence-electron chi connectivity index (χ0n) is 9.20. The van der Waals surface area contributed by atoms with Crippen molar-refractivity contribution in [1.29, 1.82) is 0 Å². The van der Waals surface area contributed by atoms with Crippen LogP contribution in [0.5, 0.6) is 0 Å². The molecule has 0 saturated heterocycles. The number of hydrogen-bond acceptors (Lipinski definition) is 3. The Morgan fingerprint density at radius 1 is 1.60 bits per heavy atom. The molecule has 0 amide bonds. The third-order valence-corrected chi connectivity index (χ3v) is 4.23. The molecule has 1 saturated carbocycles. The predicted molar refractivity (Wildman–Crippen MR) is 64.1 cm³/mol. The van der Waals surface area contributed by atoms with Gasteiger partial charge in [-0.1, -0.05) is 24.6 Å². The van der Waals surface area contributed by atoms with Gasteiger partial charge in [-0.25, -0.2) is 4.98 Å². The molecule has 1 heterocycles. The molecule has 0 aromatic carbocycles. The fourth-order valence-corrected chi connectivity index (χ4v) is 3.38. The first-order chi connectivity index (χ1) is 7.40. The minimum atomic E-state index is 0.641. The van der Waals surface area contributed by atoms with Gasteiger partial charge < -0.3 is 10.3 Å². The molecule has 0 radical (unpaired) electrons. The smallest absolute Gasteiger partial charge is 0.165 e. The highest BCUT2D eigenvalue weighted by Crippen LogP contribution is 2.29. The van der Waals surface area contributed by atoms with Crippen molar-refractivity contribution >= 4 is 11.8 Å². The Balaban J connectivity index is 1.80. The first-order valence-electron chi connectivity index (χ1n) is 5.69. The Labute approximate surface area is 95.4 Å². The van der Waals surface area contributed by atoms with E-state index in [1.54, 1.807) is 0 Å². The SMILES string of the molecule is CNC(CSc1ncc[nH]1)C1CCCC1. The molecule has 1 atom stereocenters. The Morgan fingerprint density at radius 2 is 2.40 bits per heavy atom. The summed E-state index contributed by atoms with van der Waals surface area (Å²) in [7, 11) is 2.08. The quantitative estimate of drug-likeness (QED) is 0.755. The van der Waals surface area contributed by atoms with E-state index in [0.717, 1.165) is 16.8 Å². The summed E-state index contributed by atoms with van der Waals surface area (Å²) in [6.07, 6.45) is 9.30. The van der Waals surface area contributed by atoms with E-state index in [-0.39, 0.29) is 0 Å². The van der Waals surface area contributed by atoms with Crippen LogP contribution < -0.4 is 5.32 Å². The van der Waals surface area contributed by atoms with Gasteiger partial charge in [0.2, 0.25) is 0 Å². The van der Waals surface area contributed by atoms with Gasteiger partial charge in [-0.3, -0.25) is 0 Å². The zero-order chi connectivity index (χ0) is 10.5. The molecule has 15 heavy (non-hydrogen) atoms. The van der Waals surface area contributed by atoms with Crippen LogP contribution in [0.1, 0.15) is 25.7 Å². The van der Waals surface area contributed by atoms with Gasteiger partial charge in [0.05, 0.1) is 0 Å². The highest BCUT2D eigenvalue weighted by molar-refractivity contribution is 7.99. The highest BCUT2D eigenvalue weighted by Gasteiger charge is 2.23. The molecule has 84 valence electrons. The maximum absolute atomic E-state index is 4.23. The fraction of sp³-hybridized carbons (Fsp3) is 0.727. The van der Waals surface area contributed by atoms with Crippen LogP contribution >= 0.6 is 11.8 Å². The zero-order valence-corrected chi connectivity index (χ0v) is 10.0. The van der Waals surface area contributed by atoms with Crippen LogP contribution in [0.15, 0.2) is 17.6 Å². The molecule has 0 spiro atoms. The van der Waals surface area contributed by atoms with Crippen LogP contribution in [-0.4, -0.2) is 28.8 Å². The lowest BCUT2D eigenvalue weighted by atomic mass is 10.0. The van der Waals surface area contributed by atoms with E-state index >= 15 is 0 Å². The first kappa shape index (κ1) is 11.0. The van der Waals surface area contributed by atoms with Crippen molar-refractivity contribution in [2.45, 2.75) is 36.9 Å². The lowest BCUT2D eigenvalue weighted by Crippen LogP contribution is -2.34. The summed E-state index contributed by atoms with van der Waals surface area (Å²) in [6.45, 7) is 0. The standard InChI is InChI=1S/C11H19N3S/c1-12-10(9-4-2-3-5-9)8-15-11-13-6-7-14-11/h6-7,9-10,12H,2-5,8H2,1H3,(H,13,14). The molecular formula is C11H19N3S. The van der Waals surface area contributed by atoms with Gasteiger partial charge in [0.1, 0.15) is 0 Å². The summed E-state index contributed by atoms with van der Waals surface area (Å²) in [6, 6.07) is 0.641. The molecule has 1 aliphatic carbocycles. The number of rotatable bonds is 5. The number of aromatic amines is 1. The molecule has 1 aromatic rings. The summed E-state index contributed by atoms with van der Waals surface area (Å²) in [5.41, 5.74) is 0. The third-order valence-electron chi connectivity index (χ3n) is 3.21. The normalized spacial score (nSPS) is 19.5. The Bertz CT molecular complexity index is 267. The number of thioether (sulfide) groups is 1. The molecule has 1 unspecified atom stereocenters. The topological polar surface area (TPSA) is 40.7 Å². The summed E-state index contributed by atoms with van der Waals surface area (Å²) in [5, 5.41) is 4.48. The van der Waals surface area contributed by atoms with Crippen LogP contribution in [0.3, 0.4) is 0 Å². The monoisotopic (exact) mass is 225 g/mol. The lowest BCUT2D eigenvalue weighted by Gasteiger charge is -2.21.